The summed E-state index contributed by atoms with van der Waals surface area (Å²) in [4.78, 5) is 25.4. The second-order valence-electron chi connectivity index (χ2n) is 22.4. The van der Waals surface area contributed by atoms with Gasteiger partial charge in [-0.1, -0.05) is 288 Å². The highest BCUT2D eigenvalue weighted by atomic mass is 31.2. The van der Waals surface area contributed by atoms with Crippen LogP contribution in [0.3, 0.4) is 0 Å². The van der Waals surface area contributed by atoms with E-state index in [1.54, 1.807) is 6.08 Å². The molecule has 0 aliphatic heterocycles. The van der Waals surface area contributed by atoms with Crippen LogP contribution in [0, 0.1) is 0 Å². The summed E-state index contributed by atoms with van der Waals surface area (Å²) >= 11 is 0. The van der Waals surface area contributed by atoms with Gasteiger partial charge in [0.15, 0.2) is 0 Å². The molecule has 0 aromatic carbocycles. The van der Waals surface area contributed by atoms with Crippen LogP contribution in [0.1, 0.15) is 303 Å². The van der Waals surface area contributed by atoms with E-state index < -0.39 is 26.6 Å². The molecular weight excluding hydrogens is 900 g/mol. The number of likely N-dealkylation sites (N-methyl/N-ethyl adjacent to an activating group) is 1. The zero-order valence-electron chi connectivity index (χ0n) is 47.9. The van der Waals surface area contributed by atoms with Crippen molar-refractivity contribution in [1.29, 1.82) is 0 Å². The van der Waals surface area contributed by atoms with Gasteiger partial charge in [-0.3, -0.25) is 9.36 Å². The normalized spacial score (nSPS) is 14.1. The molecule has 8 nitrogen and oxygen atoms in total. The number of phosphoric ester groups is 1. The fourth-order valence-corrected chi connectivity index (χ4v) is 9.97. The molecule has 2 N–H and O–H groups in total. The molecule has 0 saturated carbocycles. The molecule has 0 aromatic heterocycles. The first-order valence-corrected chi connectivity index (χ1v) is 32.3. The summed E-state index contributed by atoms with van der Waals surface area (Å²) in [6, 6.07) is -0.907. The highest BCUT2D eigenvalue weighted by molar-refractivity contribution is 7.45. The maximum Gasteiger partial charge on any atom is 0.268 e. The molecule has 0 aromatic rings. The Labute approximate surface area is 442 Å². The minimum absolute atomic E-state index is 0.00765. The van der Waals surface area contributed by atoms with E-state index in [2.05, 4.69) is 43.5 Å². The van der Waals surface area contributed by atoms with Crippen molar-refractivity contribution in [2.45, 2.75) is 315 Å². The smallest absolute Gasteiger partial charge is 0.268 e. The third-order valence-corrected chi connectivity index (χ3v) is 15.0. The number of carbonyl (C=O) groups is 1. The molecule has 0 heterocycles. The number of rotatable bonds is 57. The minimum atomic E-state index is -4.60. The number of hydrogen-bond acceptors (Lipinski definition) is 6. The number of carbonyl (C=O) groups excluding carboxylic acids is 1. The highest BCUT2D eigenvalue weighted by Gasteiger charge is 2.23. The minimum Gasteiger partial charge on any atom is -0.756 e. The van der Waals surface area contributed by atoms with E-state index >= 15 is 0 Å². The standard InChI is InChI=1S/C62H121N2O6P/c1-6-8-10-12-14-16-18-20-21-22-23-24-25-26-27-28-29-30-31-32-33-34-35-36-37-38-39-40-41-42-44-46-48-50-52-54-56-62(66)63-60(59-70-71(67,68)69-58-57-64(3,4)5)61(65)55-53-51-49-47-45-43-19-17-15-13-11-9-7-2/h15,17,45,47,53,55,60-61,65H,6-14,16,18-44,46,48-52,54,56-59H2,1-5H3,(H-,63,66,67,68)/b17-15+,47-45+,55-53+. The van der Waals surface area contributed by atoms with Crippen LogP contribution in [0.2, 0.25) is 0 Å². The number of unbranched alkanes of at least 4 members (excludes halogenated alkanes) is 40. The van der Waals surface area contributed by atoms with E-state index in [1.807, 2.05) is 27.2 Å². The molecule has 0 aliphatic carbocycles. The Hall–Kier alpha value is -1.28. The molecule has 71 heavy (non-hydrogen) atoms. The number of aliphatic hydroxyl groups is 1. The molecule has 3 atom stereocenters. The Morgan fingerprint density at radius 1 is 0.479 bits per heavy atom. The van der Waals surface area contributed by atoms with Gasteiger partial charge in [0, 0.05) is 6.42 Å². The molecule has 0 bridgehead atoms. The third kappa shape index (κ3) is 56.3. The van der Waals surface area contributed by atoms with Gasteiger partial charge in [-0.15, -0.1) is 0 Å². The maximum atomic E-state index is 12.9. The lowest BCUT2D eigenvalue weighted by molar-refractivity contribution is -0.870. The van der Waals surface area contributed by atoms with E-state index in [-0.39, 0.29) is 12.5 Å². The lowest BCUT2D eigenvalue weighted by atomic mass is 10.0. The van der Waals surface area contributed by atoms with Crippen LogP contribution >= 0.6 is 7.82 Å². The van der Waals surface area contributed by atoms with Crippen LogP contribution in [-0.4, -0.2) is 68.5 Å². The van der Waals surface area contributed by atoms with Gasteiger partial charge >= 0.3 is 0 Å². The molecule has 0 saturated heterocycles. The van der Waals surface area contributed by atoms with Gasteiger partial charge in [-0.2, -0.15) is 0 Å². The molecule has 0 aliphatic rings. The van der Waals surface area contributed by atoms with Gasteiger partial charge in [0.2, 0.25) is 5.91 Å². The van der Waals surface area contributed by atoms with Gasteiger partial charge in [0.05, 0.1) is 39.9 Å². The molecular formula is C62H121N2O6P. The van der Waals surface area contributed by atoms with E-state index in [4.69, 9.17) is 9.05 Å². The number of allylic oxidation sites excluding steroid dienone is 5. The van der Waals surface area contributed by atoms with Gasteiger partial charge in [-0.25, -0.2) is 0 Å². The predicted octanol–water partition coefficient (Wildman–Crippen LogP) is 18.3. The number of aliphatic hydroxyl groups excluding tert-OH is 1. The molecule has 9 heteroatoms. The SMILES string of the molecule is CCCCC/C=C/CC/C=C/CC/C=C/C(O)C(COP(=O)([O-])OCC[N+](C)(C)C)NC(=O)CCCCCCCCCCCCCCCCCCCCCCCCCCCCCCCCCCCCCC. The molecule has 0 radical (unpaired) electrons. The van der Waals surface area contributed by atoms with Crippen molar-refractivity contribution in [1.82, 2.24) is 5.32 Å². The fourth-order valence-electron chi connectivity index (χ4n) is 9.25. The van der Waals surface area contributed by atoms with Crippen LogP contribution < -0.4 is 10.2 Å². The van der Waals surface area contributed by atoms with Crippen molar-refractivity contribution in [3.63, 3.8) is 0 Å². The number of nitrogens with zero attached hydrogens (tertiary/aromatic N) is 1. The molecule has 0 spiro atoms. The van der Waals surface area contributed by atoms with Gasteiger partial charge in [0.25, 0.3) is 7.82 Å². The van der Waals surface area contributed by atoms with Crippen LogP contribution in [0.15, 0.2) is 36.5 Å². The van der Waals surface area contributed by atoms with Crippen molar-refractivity contribution >= 4 is 13.7 Å². The van der Waals surface area contributed by atoms with Crippen LogP contribution in [0.4, 0.5) is 0 Å². The molecule has 0 fully saturated rings. The predicted molar refractivity (Wildman–Crippen MR) is 307 cm³/mol. The van der Waals surface area contributed by atoms with Gasteiger partial charge in [-0.05, 0) is 44.9 Å². The van der Waals surface area contributed by atoms with E-state index in [9.17, 15) is 19.4 Å². The van der Waals surface area contributed by atoms with E-state index in [0.29, 0.717) is 17.4 Å². The topological polar surface area (TPSA) is 108 Å². The zero-order valence-corrected chi connectivity index (χ0v) is 48.8. The Morgan fingerprint density at radius 2 is 0.789 bits per heavy atom. The highest BCUT2D eigenvalue weighted by Crippen LogP contribution is 2.38. The number of amides is 1. The maximum absolute atomic E-state index is 12.9. The lowest BCUT2D eigenvalue weighted by Gasteiger charge is -2.29. The van der Waals surface area contributed by atoms with Crippen molar-refractivity contribution in [2.24, 2.45) is 0 Å². The second-order valence-corrected chi connectivity index (χ2v) is 23.8. The lowest BCUT2D eigenvalue weighted by Crippen LogP contribution is -2.45. The van der Waals surface area contributed by atoms with Gasteiger partial charge in [0.1, 0.15) is 13.2 Å². The van der Waals surface area contributed by atoms with Crippen LogP contribution in [-0.2, 0) is 18.4 Å². The summed E-state index contributed by atoms with van der Waals surface area (Å²) in [6.45, 7) is 4.61. The number of quaternary nitrogens is 1. The van der Waals surface area contributed by atoms with Crippen LogP contribution in [0.25, 0.3) is 0 Å². The summed E-state index contributed by atoms with van der Waals surface area (Å²) in [6.07, 6.45) is 69.9. The second kappa shape index (κ2) is 53.5. The number of phosphoric acid groups is 1. The Kier molecular flexibility index (Phi) is 52.6. The average Bonchev–Trinajstić information content (AvgIpc) is 3.33. The molecule has 0 rings (SSSR count). The Bertz CT molecular complexity index is 1250. The first kappa shape index (κ1) is 69.7. The first-order valence-electron chi connectivity index (χ1n) is 30.9. The average molecular weight is 1020 g/mol. The summed E-state index contributed by atoms with van der Waals surface area (Å²) < 4.78 is 23.3. The summed E-state index contributed by atoms with van der Waals surface area (Å²) in [5, 5.41) is 13.8. The number of hydrogen-bond donors (Lipinski definition) is 2. The van der Waals surface area contributed by atoms with E-state index in [0.717, 1.165) is 51.4 Å². The summed E-state index contributed by atoms with van der Waals surface area (Å²) in [5.74, 6) is -0.207. The van der Waals surface area contributed by atoms with Crippen molar-refractivity contribution in [3.05, 3.63) is 36.5 Å². The third-order valence-electron chi connectivity index (χ3n) is 14.1. The van der Waals surface area contributed by atoms with Crippen LogP contribution in [0.5, 0.6) is 0 Å². The molecule has 420 valence electrons. The quantitative estimate of drug-likeness (QED) is 0.0272. The fraction of sp³-hybridized carbons (Fsp3) is 0.887. The monoisotopic (exact) mass is 1020 g/mol. The first-order chi connectivity index (χ1) is 34.5. The summed E-state index contributed by atoms with van der Waals surface area (Å²) in [7, 11) is 1.24. The Morgan fingerprint density at radius 3 is 1.14 bits per heavy atom. The van der Waals surface area contributed by atoms with Crippen molar-refractivity contribution < 1.29 is 32.9 Å². The molecule has 3 unspecified atom stereocenters. The van der Waals surface area contributed by atoms with Gasteiger partial charge < -0.3 is 28.8 Å². The zero-order chi connectivity index (χ0) is 52.0. The summed E-state index contributed by atoms with van der Waals surface area (Å²) in [5.41, 5.74) is 0. The largest absolute Gasteiger partial charge is 0.756 e. The molecule has 1 amide bonds. The van der Waals surface area contributed by atoms with Crippen molar-refractivity contribution in [2.75, 3.05) is 40.9 Å². The Balaban J connectivity index is 3.91. The number of nitrogens with one attached hydrogen (secondary N) is 1. The van der Waals surface area contributed by atoms with Crippen molar-refractivity contribution in [3.8, 4) is 0 Å². The van der Waals surface area contributed by atoms with E-state index in [1.165, 1.54) is 231 Å².